The molecule has 0 radical (unpaired) electrons. The summed E-state index contributed by atoms with van der Waals surface area (Å²) in [5.41, 5.74) is 0.634. The standard InChI is InChI=1S/C19H28N2O5.C2H2O4/c1-4-26-19(23)14-6-5-8-21(13-14)9-7-18(22)20-15-10-16(24-2)12-17(11-15)25-3;3-1(4)2(5)6/h10-12,14H,4-9,13H2,1-3H3,(H,20,22);(H,3,4)(H,5,6). The molecule has 1 aromatic carbocycles. The lowest BCUT2D eigenvalue weighted by Crippen LogP contribution is -2.40. The van der Waals surface area contributed by atoms with Crippen LogP contribution in [0.2, 0.25) is 0 Å². The molecule has 1 aliphatic rings. The van der Waals surface area contributed by atoms with Crippen molar-refractivity contribution in [3.8, 4) is 11.5 Å². The molecule has 1 atom stereocenters. The number of methoxy groups -OCH3 is 2. The number of carbonyl (C=O) groups is 4. The van der Waals surface area contributed by atoms with Crippen LogP contribution in [0.3, 0.4) is 0 Å². The van der Waals surface area contributed by atoms with E-state index in [4.69, 9.17) is 34.0 Å². The van der Waals surface area contributed by atoms with Crippen LogP contribution in [0.15, 0.2) is 18.2 Å². The lowest BCUT2D eigenvalue weighted by molar-refractivity contribution is -0.159. The number of nitrogens with one attached hydrogen (secondary N) is 1. The molecular formula is C21H30N2O9. The van der Waals surface area contributed by atoms with Crippen molar-refractivity contribution in [2.24, 2.45) is 5.92 Å². The van der Waals surface area contributed by atoms with Crippen LogP contribution >= 0.6 is 0 Å². The van der Waals surface area contributed by atoms with Crippen LogP contribution in [0.1, 0.15) is 26.2 Å². The molecule has 2 rings (SSSR count). The molecular weight excluding hydrogens is 424 g/mol. The van der Waals surface area contributed by atoms with Gasteiger partial charge in [0.1, 0.15) is 11.5 Å². The molecule has 1 heterocycles. The number of hydrogen-bond acceptors (Lipinski definition) is 8. The Morgan fingerprint density at radius 3 is 2.16 bits per heavy atom. The number of rotatable bonds is 8. The predicted octanol–water partition coefficient (Wildman–Crippen LogP) is 1.46. The molecule has 0 bridgehead atoms. The molecule has 1 saturated heterocycles. The van der Waals surface area contributed by atoms with Gasteiger partial charge in [0.2, 0.25) is 5.91 Å². The fourth-order valence-electron chi connectivity index (χ4n) is 3.07. The average Bonchev–Trinajstić information content (AvgIpc) is 2.78. The number of likely N-dealkylation sites (tertiary alicyclic amines) is 1. The molecule has 11 nitrogen and oxygen atoms in total. The molecule has 0 spiro atoms. The number of carboxylic acid groups (broad SMARTS) is 2. The maximum Gasteiger partial charge on any atom is 0.414 e. The Morgan fingerprint density at radius 2 is 1.66 bits per heavy atom. The summed E-state index contributed by atoms with van der Waals surface area (Å²) in [6, 6.07) is 5.25. The van der Waals surface area contributed by atoms with Gasteiger partial charge < -0.3 is 34.6 Å². The summed E-state index contributed by atoms with van der Waals surface area (Å²) < 4.78 is 15.5. The minimum atomic E-state index is -1.82. The number of anilines is 1. The quantitative estimate of drug-likeness (QED) is 0.389. The van der Waals surface area contributed by atoms with Crippen LogP contribution in [-0.2, 0) is 23.9 Å². The van der Waals surface area contributed by atoms with Gasteiger partial charge in [-0.3, -0.25) is 9.59 Å². The van der Waals surface area contributed by atoms with Crippen molar-refractivity contribution in [1.82, 2.24) is 4.90 Å². The number of carboxylic acids is 2. The molecule has 11 heteroatoms. The van der Waals surface area contributed by atoms with E-state index in [1.54, 1.807) is 32.4 Å². The lowest BCUT2D eigenvalue weighted by atomic mass is 9.98. The topological polar surface area (TPSA) is 152 Å². The predicted molar refractivity (Wildman–Crippen MR) is 114 cm³/mol. The average molecular weight is 454 g/mol. The molecule has 1 unspecified atom stereocenters. The molecule has 0 aliphatic carbocycles. The highest BCUT2D eigenvalue weighted by Crippen LogP contribution is 2.26. The zero-order chi connectivity index (χ0) is 24.1. The summed E-state index contributed by atoms with van der Waals surface area (Å²) in [5.74, 6) is -2.72. The largest absolute Gasteiger partial charge is 0.497 e. The maximum atomic E-state index is 12.3. The Morgan fingerprint density at radius 1 is 1.06 bits per heavy atom. The van der Waals surface area contributed by atoms with Gasteiger partial charge in [-0.05, 0) is 26.3 Å². The summed E-state index contributed by atoms with van der Waals surface area (Å²) in [4.78, 5) is 44.5. The highest BCUT2D eigenvalue weighted by atomic mass is 16.5. The van der Waals surface area contributed by atoms with Gasteiger partial charge in [-0.25, -0.2) is 9.59 Å². The van der Waals surface area contributed by atoms with Gasteiger partial charge >= 0.3 is 17.9 Å². The number of carbonyl (C=O) groups excluding carboxylic acids is 2. The summed E-state index contributed by atoms with van der Waals surface area (Å²) in [5, 5.41) is 17.7. The van der Waals surface area contributed by atoms with Crippen molar-refractivity contribution in [3.63, 3.8) is 0 Å². The molecule has 1 aromatic rings. The van der Waals surface area contributed by atoms with E-state index in [-0.39, 0.29) is 17.8 Å². The highest BCUT2D eigenvalue weighted by Gasteiger charge is 2.26. The van der Waals surface area contributed by atoms with Crippen LogP contribution in [0, 0.1) is 5.92 Å². The van der Waals surface area contributed by atoms with Gasteiger partial charge in [0.05, 0.1) is 26.7 Å². The number of piperidine rings is 1. The summed E-state index contributed by atoms with van der Waals surface area (Å²) >= 11 is 0. The van der Waals surface area contributed by atoms with Crippen molar-refractivity contribution in [1.29, 1.82) is 0 Å². The first-order valence-electron chi connectivity index (χ1n) is 10.1. The Labute approximate surface area is 186 Å². The highest BCUT2D eigenvalue weighted by molar-refractivity contribution is 6.27. The maximum absolute atomic E-state index is 12.3. The van der Waals surface area contributed by atoms with E-state index < -0.39 is 11.9 Å². The Bertz CT molecular complexity index is 763. The van der Waals surface area contributed by atoms with Gasteiger partial charge in [-0.15, -0.1) is 0 Å². The van der Waals surface area contributed by atoms with Crippen molar-refractivity contribution >= 4 is 29.5 Å². The molecule has 0 aromatic heterocycles. The number of aliphatic carboxylic acids is 2. The summed E-state index contributed by atoms with van der Waals surface area (Å²) in [7, 11) is 3.13. The van der Waals surface area contributed by atoms with E-state index in [9.17, 15) is 9.59 Å². The van der Waals surface area contributed by atoms with Gasteiger partial charge in [0, 0.05) is 43.4 Å². The normalized spacial score (nSPS) is 15.5. The minimum absolute atomic E-state index is 0.0847. The second kappa shape index (κ2) is 13.9. The number of benzene rings is 1. The molecule has 178 valence electrons. The second-order valence-corrected chi connectivity index (χ2v) is 6.90. The van der Waals surface area contributed by atoms with Crippen molar-refractivity contribution in [2.45, 2.75) is 26.2 Å². The molecule has 1 fully saturated rings. The van der Waals surface area contributed by atoms with Crippen molar-refractivity contribution in [3.05, 3.63) is 18.2 Å². The number of amides is 1. The Balaban J connectivity index is 0.000000751. The third kappa shape index (κ3) is 9.65. The van der Waals surface area contributed by atoms with Crippen LogP contribution in [-0.4, -0.2) is 79.4 Å². The van der Waals surface area contributed by atoms with Gasteiger partial charge in [0.25, 0.3) is 0 Å². The van der Waals surface area contributed by atoms with Crippen LogP contribution < -0.4 is 14.8 Å². The fourth-order valence-corrected chi connectivity index (χ4v) is 3.07. The van der Waals surface area contributed by atoms with E-state index in [1.165, 1.54) is 0 Å². The molecule has 1 amide bonds. The summed E-state index contributed by atoms with van der Waals surface area (Å²) in [6.07, 6.45) is 2.15. The Kier molecular flexibility index (Phi) is 11.6. The van der Waals surface area contributed by atoms with Crippen molar-refractivity contribution < 1.29 is 43.6 Å². The van der Waals surface area contributed by atoms with Crippen molar-refractivity contribution in [2.75, 3.05) is 45.8 Å². The zero-order valence-corrected chi connectivity index (χ0v) is 18.5. The van der Waals surface area contributed by atoms with E-state index >= 15 is 0 Å². The van der Waals surface area contributed by atoms with Gasteiger partial charge in [-0.1, -0.05) is 0 Å². The first-order chi connectivity index (χ1) is 15.2. The first-order valence-corrected chi connectivity index (χ1v) is 10.1. The minimum Gasteiger partial charge on any atom is -0.497 e. The zero-order valence-electron chi connectivity index (χ0n) is 18.5. The lowest BCUT2D eigenvalue weighted by Gasteiger charge is -2.31. The molecule has 3 N–H and O–H groups in total. The third-order valence-electron chi connectivity index (χ3n) is 4.60. The molecule has 0 saturated carbocycles. The third-order valence-corrected chi connectivity index (χ3v) is 4.60. The van der Waals surface area contributed by atoms with Gasteiger partial charge in [0.15, 0.2) is 0 Å². The molecule has 32 heavy (non-hydrogen) atoms. The number of nitrogens with zero attached hydrogens (tertiary/aromatic N) is 1. The van der Waals surface area contributed by atoms with Crippen LogP contribution in [0.5, 0.6) is 11.5 Å². The number of hydrogen-bond donors (Lipinski definition) is 3. The summed E-state index contributed by atoms with van der Waals surface area (Å²) in [6.45, 7) is 4.39. The second-order valence-electron chi connectivity index (χ2n) is 6.90. The van der Waals surface area contributed by atoms with E-state index in [2.05, 4.69) is 10.2 Å². The number of ether oxygens (including phenoxy) is 3. The van der Waals surface area contributed by atoms with Crippen LogP contribution in [0.25, 0.3) is 0 Å². The fraction of sp³-hybridized carbons (Fsp3) is 0.524. The van der Waals surface area contributed by atoms with E-state index in [0.29, 0.717) is 43.3 Å². The van der Waals surface area contributed by atoms with Gasteiger partial charge in [-0.2, -0.15) is 0 Å². The SMILES string of the molecule is CCOC(=O)C1CCCN(CCC(=O)Nc2cc(OC)cc(OC)c2)C1.O=C(O)C(=O)O. The Hall–Kier alpha value is -3.34. The smallest absolute Gasteiger partial charge is 0.414 e. The first kappa shape index (κ1) is 26.7. The molecule has 1 aliphatic heterocycles. The number of esters is 1. The van der Waals surface area contributed by atoms with E-state index in [1.807, 2.05) is 6.92 Å². The monoisotopic (exact) mass is 454 g/mol. The van der Waals surface area contributed by atoms with Crippen LogP contribution in [0.4, 0.5) is 5.69 Å². The van der Waals surface area contributed by atoms with E-state index in [0.717, 1.165) is 19.4 Å².